The Labute approximate surface area is 239 Å². The van der Waals surface area contributed by atoms with E-state index in [-0.39, 0.29) is 17.3 Å². The number of aryl methyl sites for hydroxylation is 4. The van der Waals surface area contributed by atoms with Crippen molar-refractivity contribution in [2.75, 3.05) is 17.4 Å². The molecule has 1 atom stereocenters. The second-order valence-corrected chi connectivity index (χ2v) is 12.4. The molecule has 7 nitrogen and oxygen atoms in total. The number of nitrogens with one attached hydrogen (secondary N) is 1. The normalized spacial score (nSPS) is 12.1. The molecule has 0 aromatic heterocycles. The van der Waals surface area contributed by atoms with E-state index in [1.54, 1.807) is 43.3 Å². The van der Waals surface area contributed by atoms with Crippen molar-refractivity contribution in [2.45, 2.75) is 71.9 Å². The van der Waals surface area contributed by atoms with Gasteiger partial charge in [-0.15, -0.1) is 0 Å². The van der Waals surface area contributed by atoms with Gasteiger partial charge < -0.3 is 10.2 Å². The Balaban J connectivity index is 2.03. The summed E-state index contributed by atoms with van der Waals surface area (Å²) in [6, 6.07) is 19.0. The smallest absolute Gasteiger partial charge is 0.264 e. The minimum atomic E-state index is -4.09. The number of hydrogen-bond acceptors (Lipinski definition) is 4. The molecule has 40 heavy (non-hydrogen) atoms. The van der Waals surface area contributed by atoms with Gasteiger partial charge in [-0.2, -0.15) is 0 Å². The molecule has 0 spiro atoms. The molecule has 0 saturated heterocycles. The lowest BCUT2D eigenvalue weighted by molar-refractivity contribution is -0.139. The number of hydrogen-bond donors (Lipinski definition) is 1. The Morgan fingerprint density at radius 1 is 0.825 bits per heavy atom. The summed E-state index contributed by atoms with van der Waals surface area (Å²) < 4.78 is 29.1. The molecule has 3 aromatic rings. The highest BCUT2D eigenvalue weighted by Gasteiger charge is 2.32. The van der Waals surface area contributed by atoms with Gasteiger partial charge in [-0.05, 0) is 82.0 Å². The van der Waals surface area contributed by atoms with Crippen LogP contribution in [0.1, 0.15) is 54.5 Å². The molecule has 2 amide bonds. The number of benzene rings is 3. The molecular formula is C32H41N3O4S. The molecule has 0 saturated carbocycles. The second-order valence-electron chi connectivity index (χ2n) is 10.5. The van der Waals surface area contributed by atoms with Gasteiger partial charge in [0.05, 0.1) is 10.6 Å². The van der Waals surface area contributed by atoms with Crippen molar-refractivity contribution in [3.05, 3.63) is 94.5 Å². The summed E-state index contributed by atoms with van der Waals surface area (Å²) in [6.07, 6.45) is 1.77. The topological polar surface area (TPSA) is 86.8 Å². The maximum Gasteiger partial charge on any atom is 0.264 e. The Bertz CT molecular complexity index is 1400. The minimum Gasteiger partial charge on any atom is -0.354 e. The molecule has 3 aromatic carbocycles. The molecule has 8 heteroatoms. The average molecular weight is 564 g/mol. The summed E-state index contributed by atoms with van der Waals surface area (Å²) in [5, 5.41) is 2.91. The molecule has 0 fully saturated rings. The predicted octanol–water partition coefficient (Wildman–Crippen LogP) is 5.45. The van der Waals surface area contributed by atoms with Gasteiger partial charge in [0.2, 0.25) is 11.8 Å². The van der Waals surface area contributed by atoms with Gasteiger partial charge in [0.15, 0.2) is 0 Å². The first kappa shape index (κ1) is 30.9. The van der Waals surface area contributed by atoms with Crippen LogP contribution in [0.2, 0.25) is 0 Å². The average Bonchev–Trinajstić information content (AvgIpc) is 2.90. The highest BCUT2D eigenvalue weighted by atomic mass is 32.2. The quantitative estimate of drug-likeness (QED) is 0.297. The SMILES string of the molecule is CCCCNC(=O)C(C)N(Cc1ccc(C)cc1)C(=O)CN(c1cc(C)cc(C)c1)S(=O)(=O)c1ccc(C)cc1. The number of carbonyl (C=O) groups excluding carboxylic acids is 2. The first-order chi connectivity index (χ1) is 18.9. The van der Waals surface area contributed by atoms with Gasteiger partial charge in [0.1, 0.15) is 12.6 Å². The van der Waals surface area contributed by atoms with Crippen molar-refractivity contribution >= 4 is 27.5 Å². The molecule has 0 aliphatic rings. The van der Waals surface area contributed by atoms with E-state index in [0.29, 0.717) is 12.2 Å². The molecule has 3 rings (SSSR count). The molecule has 214 valence electrons. The molecule has 1 N–H and O–H groups in total. The molecule has 0 radical (unpaired) electrons. The van der Waals surface area contributed by atoms with Gasteiger partial charge in [0, 0.05) is 13.1 Å². The van der Waals surface area contributed by atoms with Crippen molar-refractivity contribution in [3.8, 4) is 0 Å². The largest absolute Gasteiger partial charge is 0.354 e. The summed E-state index contributed by atoms with van der Waals surface area (Å²) >= 11 is 0. The lowest BCUT2D eigenvalue weighted by Gasteiger charge is -2.32. The summed E-state index contributed by atoms with van der Waals surface area (Å²) in [7, 11) is -4.09. The van der Waals surface area contributed by atoms with Crippen LogP contribution < -0.4 is 9.62 Å². The Kier molecular flexibility index (Phi) is 10.5. The second kappa shape index (κ2) is 13.6. The van der Waals surface area contributed by atoms with E-state index in [0.717, 1.165) is 45.0 Å². The minimum absolute atomic E-state index is 0.0977. The Hall–Kier alpha value is -3.65. The lowest BCUT2D eigenvalue weighted by Crippen LogP contribution is -2.51. The van der Waals surface area contributed by atoms with Crippen molar-refractivity contribution < 1.29 is 18.0 Å². The highest BCUT2D eigenvalue weighted by Crippen LogP contribution is 2.27. The van der Waals surface area contributed by atoms with Crippen LogP contribution in [-0.4, -0.2) is 44.3 Å². The molecule has 0 aliphatic heterocycles. The van der Waals surface area contributed by atoms with E-state index in [1.807, 2.05) is 65.0 Å². The maximum absolute atomic E-state index is 14.0. The van der Waals surface area contributed by atoms with Gasteiger partial charge >= 0.3 is 0 Å². The number of amides is 2. The fraction of sp³-hybridized carbons (Fsp3) is 0.375. The molecular weight excluding hydrogens is 522 g/mol. The van der Waals surface area contributed by atoms with Crippen molar-refractivity contribution in [1.82, 2.24) is 10.2 Å². The predicted molar refractivity (Wildman–Crippen MR) is 161 cm³/mol. The number of carbonyl (C=O) groups is 2. The molecule has 0 heterocycles. The van der Waals surface area contributed by atoms with Crippen LogP contribution in [0.3, 0.4) is 0 Å². The zero-order chi connectivity index (χ0) is 29.4. The molecule has 0 aliphatic carbocycles. The highest BCUT2D eigenvalue weighted by molar-refractivity contribution is 7.92. The van der Waals surface area contributed by atoms with E-state index >= 15 is 0 Å². The summed E-state index contributed by atoms with van der Waals surface area (Å²) in [5.74, 6) is -0.734. The molecule has 1 unspecified atom stereocenters. The number of anilines is 1. The van der Waals surface area contributed by atoms with E-state index in [4.69, 9.17) is 0 Å². The third-order valence-electron chi connectivity index (χ3n) is 6.85. The van der Waals surface area contributed by atoms with E-state index < -0.39 is 28.5 Å². The summed E-state index contributed by atoms with van der Waals surface area (Å²) in [4.78, 5) is 28.6. The first-order valence-corrected chi connectivity index (χ1v) is 15.2. The number of rotatable bonds is 12. The zero-order valence-electron chi connectivity index (χ0n) is 24.4. The van der Waals surface area contributed by atoms with E-state index in [2.05, 4.69) is 5.32 Å². The van der Waals surface area contributed by atoms with Gasteiger partial charge in [-0.1, -0.05) is 66.9 Å². The fourth-order valence-electron chi connectivity index (χ4n) is 4.47. The Morgan fingerprint density at radius 2 is 1.38 bits per heavy atom. The lowest BCUT2D eigenvalue weighted by atomic mass is 10.1. The maximum atomic E-state index is 14.0. The summed E-state index contributed by atoms with van der Waals surface area (Å²) in [5.41, 5.74) is 5.03. The van der Waals surface area contributed by atoms with Crippen LogP contribution in [0.4, 0.5) is 5.69 Å². The third kappa shape index (κ3) is 7.94. The van der Waals surface area contributed by atoms with Gasteiger partial charge in [-0.3, -0.25) is 13.9 Å². The summed E-state index contributed by atoms with van der Waals surface area (Å²) in [6.45, 7) is 11.6. The van der Waals surface area contributed by atoms with Crippen molar-refractivity contribution in [1.29, 1.82) is 0 Å². The first-order valence-electron chi connectivity index (χ1n) is 13.7. The number of unbranched alkanes of at least 4 members (excludes halogenated alkanes) is 1. The van der Waals surface area contributed by atoms with Crippen LogP contribution in [0.15, 0.2) is 71.6 Å². The van der Waals surface area contributed by atoms with Crippen molar-refractivity contribution in [2.24, 2.45) is 0 Å². The van der Waals surface area contributed by atoms with Crippen LogP contribution in [0, 0.1) is 27.7 Å². The van der Waals surface area contributed by atoms with Crippen LogP contribution >= 0.6 is 0 Å². The van der Waals surface area contributed by atoms with Crippen LogP contribution in [0.5, 0.6) is 0 Å². The number of nitrogens with zero attached hydrogens (tertiary/aromatic N) is 2. The Morgan fingerprint density at radius 3 is 1.93 bits per heavy atom. The van der Waals surface area contributed by atoms with Gasteiger partial charge in [0.25, 0.3) is 10.0 Å². The molecule has 0 bridgehead atoms. The van der Waals surface area contributed by atoms with Crippen molar-refractivity contribution in [3.63, 3.8) is 0 Å². The standard InChI is InChI=1S/C32H41N3O4S/c1-7-8-17-33-32(37)27(6)34(21-28-13-9-23(2)10-14-28)31(36)22-35(29-19-25(4)18-26(5)20-29)40(38,39)30-15-11-24(3)12-16-30/h9-16,18-20,27H,7-8,17,21-22H2,1-6H3,(H,33,37). The number of sulfonamides is 1. The fourth-order valence-corrected chi connectivity index (χ4v) is 5.87. The third-order valence-corrected chi connectivity index (χ3v) is 8.64. The van der Waals surface area contributed by atoms with Gasteiger partial charge in [-0.25, -0.2) is 8.42 Å². The van der Waals surface area contributed by atoms with E-state index in [1.165, 1.54) is 4.90 Å². The van der Waals surface area contributed by atoms with Crippen LogP contribution in [0.25, 0.3) is 0 Å². The van der Waals surface area contributed by atoms with E-state index in [9.17, 15) is 18.0 Å². The monoisotopic (exact) mass is 563 g/mol. The zero-order valence-corrected chi connectivity index (χ0v) is 25.2. The van der Waals surface area contributed by atoms with Crippen LogP contribution in [-0.2, 0) is 26.2 Å².